The van der Waals surface area contributed by atoms with E-state index < -0.39 is 34.1 Å². The molecule has 0 heterocycles. The van der Waals surface area contributed by atoms with Crippen molar-refractivity contribution in [3.63, 3.8) is 0 Å². The third kappa shape index (κ3) is 4.10. The predicted octanol–water partition coefficient (Wildman–Crippen LogP) is 0.876. The van der Waals surface area contributed by atoms with E-state index in [0.717, 1.165) is 6.07 Å². The van der Waals surface area contributed by atoms with E-state index in [0.29, 0.717) is 6.07 Å². The van der Waals surface area contributed by atoms with Crippen molar-refractivity contribution in [3.05, 3.63) is 33.6 Å². The number of rotatable bonds is 7. The molecule has 0 saturated carbocycles. The minimum absolute atomic E-state index is 0.00508. The van der Waals surface area contributed by atoms with Gasteiger partial charge in [-0.2, -0.15) is 0 Å². The van der Waals surface area contributed by atoms with Gasteiger partial charge in [0, 0.05) is 20.7 Å². The number of nitrogens with zero attached hydrogens (tertiary/aromatic N) is 2. The number of halogens is 1. The number of nitro groups is 1. The molecule has 1 atom stereocenters. The fourth-order valence-electron chi connectivity index (χ4n) is 1.83. The Kier molecular flexibility index (Phi) is 5.56. The number of ether oxygens (including phenoxy) is 1. The van der Waals surface area contributed by atoms with Gasteiger partial charge in [0.1, 0.15) is 11.5 Å². The Hall–Kier alpha value is -2.26. The van der Waals surface area contributed by atoms with Gasteiger partial charge >= 0.3 is 5.97 Å². The molecule has 0 aliphatic carbocycles. The van der Waals surface area contributed by atoms with Crippen LogP contribution in [0.1, 0.15) is 10.4 Å². The standard InChI is InChI=1S/C12H15FN2O6/c1-14(5-7(16)6-21-2)10-3-8(12(17)18)9(13)4-11(10)15(19)20/h3-4,7,16H,5-6H2,1-2H3,(H,17,18). The molecule has 1 aromatic rings. The number of anilines is 1. The highest BCUT2D eigenvalue weighted by atomic mass is 19.1. The second-order valence-electron chi connectivity index (χ2n) is 4.37. The third-order valence-corrected chi connectivity index (χ3v) is 2.75. The van der Waals surface area contributed by atoms with Crippen LogP contribution in [0.25, 0.3) is 0 Å². The van der Waals surface area contributed by atoms with Crippen LogP contribution in [-0.2, 0) is 4.74 Å². The molecule has 0 spiro atoms. The number of carboxylic acid groups (broad SMARTS) is 1. The summed E-state index contributed by atoms with van der Waals surface area (Å²) in [5.41, 5.74) is -1.36. The van der Waals surface area contributed by atoms with Crippen molar-refractivity contribution in [2.24, 2.45) is 0 Å². The van der Waals surface area contributed by atoms with Gasteiger partial charge in [-0.05, 0) is 6.07 Å². The van der Waals surface area contributed by atoms with Gasteiger partial charge in [0.15, 0.2) is 0 Å². The van der Waals surface area contributed by atoms with Gasteiger partial charge in [-0.1, -0.05) is 0 Å². The topological polar surface area (TPSA) is 113 Å². The summed E-state index contributed by atoms with van der Waals surface area (Å²) in [6, 6.07) is 1.42. The summed E-state index contributed by atoms with van der Waals surface area (Å²) < 4.78 is 18.2. The molecule has 8 nitrogen and oxygen atoms in total. The minimum Gasteiger partial charge on any atom is -0.478 e. The maximum Gasteiger partial charge on any atom is 0.338 e. The van der Waals surface area contributed by atoms with E-state index in [4.69, 9.17) is 9.84 Å². The lowest BCUT2D eigenvalue weighted by atomic mass is 10.1. The summed E-state index contributed by atoms with van der Waals surface area (Å²) in [7, 11) is 2.80. The number of carbonyl (C=O) groups is 1. The van der Waals surface area contributed by atoms with Gasteiger partial charge in [0.2, 0.25) is 0 Å². The van der Waals surface area contributed by atoms with E-state index >= 15 is 0 Å². The van der Waals surface area contributed by atoms with E-state index in [9.17, 15) is 24.4 Å². The first kappa shape index (κ1) is 16.8. The summed E-state index contributed by atoms with van der Waals surface area (Å²) in [6.07, 6.45) is -0.932. The molecule has 0 fully saturated rings. The Morgan fingerprint density at radius 2 is 2.19 bits per heavy atom. The number of nitro benzene ring substituents is 1. The molecular weight excluding hydrogens is 287 g/mol. The lowest BCUT2D eigenvalue weighted by Crippen LogP contribution is -2.32. The normalized spacial score (nSPS) is 12.0. The van der Waals surface area contributed by atoms with E-state index in [1.807, 2.05) is 0 Å². The average Bonchev–Trinajstić information content (AvgIpc) is 2.37. The van der Waals surface area contributed by atoms with Crippen LogP contribution in [0.5, 0.6) is 0 Å². The third-order valence-electron chi connectivity index (χ3n) is 2.75. The number of aromatic carboxylic acids is 1. The second-order valence-corrected chi connectivity index (χ2v) is 4.37. The number of benzene rings is 1. The molecule has 116 valence electrons. The average molecular weight is 302 g/mol. The molecule has 0 aliphatic heterocycles. The molecule has 2 N–H and O–H groups in total. The minimum atomic E-state index is -1.53. The Labute approximate surface area is 119 Å². The molecule has 1 aromatic carbocycles. The maximum absolute atomic E-state index is 13.5. The van der Waals surface area contributed by atoms with Crippen LogP contribution >= 0.6 is 0 Å². The Balaban J connectivity index is 3.21. The van der Waals surface area contributed by atoms with Gasteiger partial charge in [-0.3, -0.25) is 10.1 Å². The molecule has 9 heteroatoms. The first-order chi connectivity index (χ1) is 9.77. The SMILES string of the molecule is COCC(O)CN(C)c1cc(C(=O)O)c(F)cc1[N+](=O)[O-]. The van der Waals surface area contributed by atoms with Crippen LogP contribution in [0.3, 0.4) is 0 Å². The first-order valence-electron chi connectivity index (χ1n) is 5.87. The monoisotopic (exact) mass is 302 g/mol. The lowest BCUT2D eigenvalue weighted by Gasteiger charge is -2.22. The molecule has 0 saturated heterocycles. The fraction of sp³-hybridized carbons (Fsp3) is 0.417. The van der Waals surface area contributed by atoms with Crippen LogP contribution in [0.2, 0.25) is 0 Å². The highest BCUT2D eigenvalue weighted by Crippen LogP contribution is 2.30. The first-order valence-corrected chi connectivity index (χ1v) is 5.87. The van der Waals surface area contributed by atoms with Gasteiger partial charge in [-0.25, -0.2) is 9.18 Å². The molecule has 1 rings (SSSR count). The van der Waals surface area contributed by atoms with Gasteiger partial charge in [0.25, 0.3) is 5.69 Å². The molecule has 1 unspecified atom stereocenters. The Morgan fingerprint density at radius 1 is 1.57 bits per heavy atom. The van der Waals surface area contributed by atoms with E-state index in [2.05, 4.69) is 0 Å². The summed E-state index contributed by atoms with van der Waals surface area (Å²) in [5, 5.41) is 29.4. The van der Waals surface area contributed by atoms with Gasteiger partial charge < -0.3 is 19.8 Å². The quantitative estimate of drug-likeness (QED) is 0.567. The second kappa shape index (κ2) is 6.95. The van der Waals surface area contributed by atoms with Crippen molar-refractivity contribution in [1.82, 2.24) is 0 Å². The summed E-state index contributed by atoms with van der Waals surface area (Å²) in [5.74, 6) is -2.72. The summed E-state index contributed by atoms with van der Waals surface area (Å²) >= 11 is 0. The molecule has 21 heavy (non-hydrogen) atoms. The highest BCUT2D eigenvalue weighted by molar-refractivity contribution is 5.90. The number of likely N-dealkylation sites (N-methyl/N-ethyl adjacent to an activating group) is 1. The largest absolute Gasteiger partial charge is 0.478 e. The zero-order valence-electron chi connectivity index (χ0n) is 11.4. The number of hydrogen-bond donors (Lipinski definition) is 2. The van der Waals surface area contributed by atoms with E-state index in [-0.39, 0.29) is 18.8 Å². The van der Waals surface area contributed by atoms with E-state index in [1.165, 1.54) is 19.1 Å². The van der Waals surface area contributed by atoms with Crippen LogP contribution in [0, 0.1) is 15.9 Å². The van der Waals surface area contributed by atoms with Crippen LogP contribution in [0.4, 0.5) is 15.8 Å². The molecule has 0 aromatic heterocycles. The number of aliphatic hydroxyl groups excluding tert-OH is 1. The maximum atomic E-state index is 13.5. The zero-order valence-corrected chi connectivity index (χ0v) is 11.4. The predicted molar refractivity (Wildman–Crippen MR) is 71.2 cm³/mol. The van der Waals surface area contributed by atoms with Gasteiger partial charge in [-0.15, -0.1) is 0 Å². The van der Waals surface area contributed by atoms with Crippen LogP contribution in [-0.4, -0.2) is 54.5 Å². The molecular formula is C12H15FN2O6. The zero-order chi connectivity index (χ0) is 16.2. The fourth-order valence-corrected chi connectivity index (χ4v) is 1.83. The summed E-state index contributed by atoms with van der Waals surface area (Å²) in [6.45, 7) is -0.0372. The molecule has 0 bridgehead atoms. The molecule has 0 amide bonds. The number of aliphatic hydroxyl groups is 1. The highest BCUT2D eigenvalue weighted by Gasteiger charge is 2.24. The number of carboxylic acids is 1. The van der Waals surface area contributed by atoms with E-state index in [1.54, 1.807) is 0 Å². The van der Waals surface area contributed by atoms with Crippen molar-refractivity contribution in [3.8, 4) is 0 Å². The van der Waals surface area contributed by atoms with Crippen LogP contribution in [0.15, 0.2) is 12.1 Å². The molecule has 0 radical (unpaired) electrons. The molecule has 0 aliphatic rings. The Bertz CT molecular complexity index is 551. The van der Waals surface area contributed by atoms with Crippen molar-refractivity contribution >= 4 is 17.3 Å². The number of hydrogen-bond acceptors (Lipinski definition) is 6. The van der Waals surface area contributed by atoms with Gasteiger partial charge in [0.05, 0.1) is 29.3 Å². The van der Waals surface area contributed by atoms with Crippen molar-refractivity contribution in [2.45, 2.75) is 6.10 Å². The van der Waals surface area contributed by atoms with Crippen molar-refractivity contribution in [2.75, 3.05) is 32.2 Å². The Morgan fingerprint density at radius 3 is 2.67 bits per heavy atom. The smallest absolute Gasteiger partial charge is 0.338 e. The lowest BCUT2D eigenvalue weighted by molar-refractivity contribution is -0.384. The van der Waals surface area contributed by atoms with Crippen LogP contribution < -0.4 is 4.90 Å². The number of methoxy groups -OCH3 is 1. The van der Waals surface area contributed by atoms with Crippen molar-refractivity contribution in [1.29, 1.82) is 0 Å². The van der Waals surface area contributed by atoms with Crippen molar-refractivity contribution < 1.29 is 29.1 Å². The summed E-state index contributed by atoms with van der Waals surface area (Å²) in [4.78, 5) is 22.3.